The van der Waals surface area contributed by atoms with Crippen molar-refractivity contribution in [1.29, 1.82) is 0 Å². The lowest BCUT2D eigenvalue weighted by Gasteiger charge is -2.09. The Morgan fingerprint density at radius 2 is 2.08 bits per heavy atom. The van der Waals surface area contributed by atoms with E-state index in [0.29, 0.717) is 22.6 Å². The van der Waals surface area contributed by atoms with E-state index in [1.165, 1.54) is 11.8 Å². The van der Waals surface area contributed by atoms with Gasteiger partial charge >= 0.3 is 0 Å². The summed E-state index contributed by atoms with van der Waals surface area (Å²) in [5, 5.41) is 18.8. The molecule has 0 unspecified atom stereocenters. The lowest BCUT2D eigenvalue weighted by molar-refractivity contribution is 0.391. The highest BCUT2D eigenvalue weighted by Crippen LogP contribution is 2.29. The van der Waals surface area contributed by atoms with Crippen LogP contribution in [0.3, 0.4) is 0 Å². The number of aromatic nitrogens is 6. The first-order valence-electron chi connectivity index (χ1n) is 7.66. The summed E-state index contributed by atoms with van der Waals surface area (Å²) >= 11 is 6.45. The standard InChI is InChI=1S/C16H13BrN6OS2/c1-9-4-3-5-10(2)14(9)23-16(19-21-22-23)26-8-13-18-15(20-24-13)12-6-11(17)7-25-12/h3-7H,8H2,1-2H3. The summed E-state index contributed by atoms with van der Waals surface area (Å²) in [6.07, 6.45) is 0. The second-order valence-corrected chi connectivity index (χ2v) is 8.31. The number of thiophene rings is 1. The first-order chi connectivity index (χ1) is 12.6. The lowest BCUT2D eigenvalue weighted by Crippen LogP contribution is -2.04. The van der Waals surface area contributed by atoms with Crippen molar-refractivity contribution in [2.45, 2.75) is 24.8 Å². The Hall–Kier alpha value is -2.04. The largest absolute Gasteiger partial charge is 0.338 e. The molecule has 0 bridgehead atoms. The van der Waals surface area contributed by atoms with Gasteiger partial charge in [-0.25, -0.2) is 0 Å². The number of aryl methyl sites for hydroxylation is 2. The zero-order chi connectivity index (χ0) is 18.1. The van der Waals surface area contributed by atoms with Gasteiger partial charge in [-0.3, -0.25) is 0 Å². The highest BCUT2D eigenvalue weighted by molar-refractivity contribution is 9.10. The maximum atomic E-state index is 5.35. The van der Waals surface area contributed by atoms with Crippen molar-refractivity contribution < 1.29 is 4.52 Å². The van der Waals surface area contributed by atoms with Gasteiger partial charge in [-0.2, -0.15) is 9.67 Å². The van der Waals surface area contributed by atoms with Crippen molar-refractivity contribution >= 4 is 39.0 Å². The number of hydrogen-bond donors (Lipinski definition) is 0. The van der Waals surface area contributed by atoms with Crippen molar-refractivity contribution in [1.82, 2.24) is 30.3 Å². The molecule has 0 aliphatic heterocycles. The van der Waals surface area contributed by atoms with Gasteiger partial charge in [-0.1, -0.05) is 35.1 Å². The molecule has 0 fully saturated rings. The maximum absolute atomic E-state index is 5.35. The van der Waals surface area contributed by atoms with Crippen LogP contribution in [0, 0.1) is 13.8 Å². The number of nitrogens with zero attached hydrogens (tertiary/aromatic N) is 6. The summed E-state index contributed by atoms with van der Waals surface area (Å²) in [6.45, 7) is 4.09. The fourth-order valence-electron chi connectivity index (χ4n) is 2.52. The van der Waals surface area contributed by atoms with Crippen molar-refractivity contribution in [3.63, 3.8) is 0 Å². The van der Waals surface area contributed by atoms with Crippen LogP contribution in [0.5, 0.6) is 0 Å². The van der Waals surface area contributed by atoms with E-state index >= 15 is 0 Å². The first-order valence-corrected chi connectivity index (χ1v) is 10.3. The fourth-order valence-corrected chi connectivity index (χ4v) is 4.59. The fraction of sp³-hybridized carbons (Fsp3) is 0.188. The molecule has 3 heterocycles. The second-order valence-electron chi connectivity index (χ2n) is 5.54. The number of benzene rings is 1. The van der Waals surface area contributed by atoms with Crippen LogP contribution in [0.15, 0.2) is 43.8 Å². The topological polar surface area (TPSA) is 82.5 Å². The zero-order valence-electron chi connectivity index (χ0n) is 13.9. The molecule has 4 rings (SSSR count). The SMILES string of the molecule is Cc1cccc(C)c1-n1nnnc1SCc1nc(-c2cc(Br)cs2)no1. The summed E-state index contributed by atoms with van der Waals surface area (Å²) in [4.78, 5) is 5.40. The average Bonchev–Trinajstić information content (AvgIpc) is 3.33. The first kappa shape index (κ1) is 17.4. The number of halogens is 1. The Morgan fingerprint density at radius 3 is 2.81 bits per heavy atom. The van der Waals surface area contributed by atoms with E-state index in [2.05, 4.69) is 41.6 Å². The van der Waals surface area contributed by atoms with Gasteiger partial charge < -0.3 is 4.52 Å². The van der Waals surface area contributed by atoms with Gasteiger partial charge in [-0.15, -0.1) is 16.4 Å². The summed E-state index contributed by atoms with van der Waals surface area (Å²) in [6, 6.07) is 8.08. The van der Waals surface area contributed by atoms with E-state index in [4.69, 9.17) is 4.52 Å². The second kappa shape index (κ2) is 7.29. The van der Waals surface area contributed by atoms with E-state index in [1.54, 1.807) is 16.0 Å². The van der Waals surface area contributed by atoms with Gasteiger partial charge in [0.05, 0.1) is 16.3 Å². The van der Waals surface area contributed by atoms with Gasteiger partial charge in [0.2, 0.25) is 16.9 Å². The molecule has 0 amide bonds. The van der Waals surface area contributed by atoms with E-state index in [9.17, 15) is 0 Å². The van der Waals surface area contributed by atoms with E-state index in [1.807, 2.05) is 43.5 Å². The molecule has 132 valence electrons. The number of hydrogen-bond acceptors (Lipinski definition) is 8. The number of tetrazole rings is 1. The molecule has 0 N–H and O–H groups in total. The molecule has 26 heavy (non-hydrogen) atoms. The zero-order valence-corrected chi connectivity index (χ0v) is 17.1. The Balaban J connectivity index is 1.53. The molecular weight excluding hydrogens is 436 g/mol. The van der Waals surface area contributed by atoms with Crippen LogP contribution in [0.2, 0.25) is 0 Å². The number of thioether (sulfide) groups is 1. The highest BCUT2D eigenvalue weighted by atomic mass is 79.9. The predicted molar refractivity (Wildman–Crippen MR) is 104 cm³/mol. The lowest BCUT2D eigenvalue weighted by atomic mass is 10.1. The molecule has 0 saturated carbocycles. The molecule has 4 aromatic rings. The van der Waals surface area contributed by atoms with Crippen molar-refractivity contribution in [3.8, 4) is 16.4 Å². The van der Waals surface area contributed by atoms with Gasteiger partial charge in [0.1, 0.15) is 0 Å². The molecule has 10 heteroatoms. The van der Waals surface area contributed by atoms with Crippen LogP contribution in [-0.2, 0) is 5.75 Å². The number of para-hydroxylation sites is 1. The van der Waals surface area contributed by atoms with Crippen LogP contribution >= 0.6 is 39.0 Å². The number of rotatable bonds is 5. The van der Waals surface area contributed by atoms with Crippen LogP contribution in [0.4, 0.5) is 0 Å². The van der Waals surface area contributed by atoms with Gasteiger partial charge in [0.15, 0.2) is 0 Å². The quantitative estimate of drug-likeness (QED) is 0.417. The normalized spacial score (nSPS) is 11.2. The molecule has 0 aliphatic carbocycles. The minimum absolute atomic E-state index is 0.491. The molecule has 7 nitrogen and oxygen atoms in total. The Morgan fingerprint density at radius 1 is 1.27 bits per heavy atom. The van der Waals surface area contributed by atoms with Gasteiger partial charge in [0, 0.05) is 9.85 Å². The predicted octanol–water partition coefficient (Wildman–Crippen LogP) is 4.45. The smallest absolute Gasteiger partial charge is 0.237 e. The molecule has 0 atom stereocenters. The molecule has 3 aromatic heterocycles. The molecular formula is C16H13BrN6OS2. The minimum Gasteiger partial charge on any atom is -0.338 e. The Kier molecular flexibility index (Phi) is 4.88. The van der Waals surface area contributed by atoms with E-state index in [0.717, 1.165) is 26.2 Å². The summed E-state index contributed by atoms with van der Waals surface area (Å²) in [5.41, 5.74) is 3.22. The molecule has 0 spiro atoms. The van der Waals surface area contributed by atoms with Gasteiger partial charge in [-0.05, 0) is 57.4 Å². The summed E-state index contributed by atoms with van der Waals surface area (Å²) < 4.78 is 8.11. The Labute approximate surface area is 165 Å². The third-order valence-electron chi connectivity index (χ3n) is 3.67. The van der Waals surface area contributed by atoms with Crippen molar-refractivity contribution in [2.24, 2.45) is 0 Å². The molecule has 0 aliphatic rings. The van der Waals surface area contributed by atoms with Crippen LogP contribution in [-0.4, -0.2) is 30.3 Å². The molecule has 0 saturated heterocycles. The summed E-state index contributed by atoms with van der Waals surface area (Å²) in [7, 11) is 0. The maximum Gasteiger partial charge on any atom is 0.237 e. The van der Waals surface area contributed by atoms with Crippen LogP contribution < -0.4 is 0 Å². The monoisotopic (exact) mass is 448 g/mol. The molecule has 0 radical (unpaired) electrons. The average molecular weight is 449 g/mol. The van der Waals surface area contributed by atoms with Crippen molar-refractivity contribution in [3.05, 3.63) is 51.1 Å². The molecule has 1 aromatic carbocycles. The van der Waals surface area contributed by atoms with Crippen LogP contribution in [0.25, 0.3) is 16.4 Å². The third kappa shape index (κ3) is 3.44. The van der Waals surface area contributed by atoms with Gasteiger partial charge in [0.25, 0.3) is 0 Å². The third-order valence-corrected chi connectivity index (χ3v) is 6.26. The van der Waals surface area contributed by atoms with Crippen molar-refractivity contribution in [2.75, 3.05) is 0 Å². The minimum atomic E-state index is 0.491. The van der Waals surface area contributed by atoms with E-state index < -0.39 is 0 Å². The van der Waals surface area contributed by atoms with Crippen LogP contribution in [0.1, 0.15) is 17.0 Å². The Bertz CT molecular complexity index is 1040. The highest BCUT2D eigenvalue weighted by Gasteiger charge is 2.16. The van der Waals surface area contributed by atoms with E-state index in [-0.39, 0.29) is 0 Å². The summed E-state index contributed by atoms with van der Waals surface area (Å²) in [5.74, 6) is 1.61.